The van der Waals surface area contributed by atoms with Crippen molar-refractivity contribution in [1.29, 1.82) is 0 Å². The molecule has 2 aliphatic carbocycles. The molecule has 0 aromatic carbocycles. The third-order valence-electron chi connectivity index (χ3n) is 6.12. The van der Waals surface area contributed by atoms with Gasteiger partial charge in [-0.15, -0.1) is 0 Å². The first-order valence-electron chi connectivity index (χ1n) is 6.63. The van der Waals surface area contributed by atoms with Crippen molar-refractivity contribution in [2.45, 2.75) is 65.1 Å². The summed E-state index contributed by atoms with van der Waals surface area (Å²) in [6.07, 6.45) is 8.60. The van der Waals surface area contributed by atoms with Gasteiger partial charge < -0.3 is 4.74 Å². The van der Waals surface area contributed by atoms with E-state index in [1.165, 1.54) is 19.3 Å². The molecular weight excluding hydrogens is 196 g/mol. The zero-order chi connectivity index (χ0) is 11.8. The van der Waals surface area contributed by atoms with E-state index in [1.807, 2.05) is 0 Å². The van der Waals surface area contributed by atoms with E-state index in [4.69, 9.17) is 4.74 Å². The summed E-state index contributed by atoms with van der Waals surface area (Å²) in [7, 11) is 0. The number of ether oxygens (including phenoxy) is 1. The molecule has 1 heterocycles. The zero-order valence-corrected chi connectivity index (χ0v) is 11.3. The Bertz CT molecular complexity index is 366. The maximum atomic E-state index is 6.46. The van der Waals surface area contributed by atoms with Gasteiger partial charge in [0, 0.05) is 5.41 Å². The van der Waals surface area contributed by atoms with E-state index >= 15 is 0 Å². The SMILES string of the molecule is CC1(C)C=C[C@]2(C[C@H]3CC[C@]2(C)C3(C)C)O1. The maximum Gasteiger partial charge on any atom is 0.0936 e. The van der Waals surface area contributed by atoms with Gasteiger partial charge in [-0.25, -0.2) is 0 Å². The van der Waals surface area contributed by atoms with Gasteiger partial charge in [0.25, 0.3) is 0 Å². The van der Waals surface area contributed by atoms with Gasteiger partial charge in [-0.2, -0.15) is 0 Å². The Balaban J connectivity index is 2.06. The molecule has 0 unspecified atom stereocenters. The molecule has 2 saturated carbocycles. The molecule has 1 aliphatic heterocycles. The van der Waals surface area contributed by atoms with E-state index in [9.17, 15) is 0 Å². The predicted molar refractivity (Wildman–Crippen MR) is 66.3 cm³/mol. The van der Waals surface area contributed by atoms with Crippen LogP contribution in [0, 0.1) is 16.7 Å². The van der Waals surface area contributed by atoms with Crippen molar-refractivity contribution in [2.75, 3.05) is 0 Å². The van der Waals surface area contributed by atoms with E-state index < -0.39 is 0 Å². The number of hydrogen-bond acceptors (Lipinski definition) is 1. The van der Waals surface area contributed by atoms with Crippen LogP contribution in [0.5, 0.6) is 0 Å². The molecule has 0 saturated heterocycles. The van der Waals surface area contributed by atoms with Gasteiger partial charge in [0.2, 0.25) is 0 Å². The third kappa shape index (κ3) is 0.971. The highest BCUT2D eigenvalue weighted by molar-refractivity contribution is 5.30. The van der Waals surface area contributed by atoms with Crippen LogP contribution in [0.3, 0.4) is 0 Å². The molecule has 0 radical (unpaired) electrons. The number of rotatable bonds is 0. The average Bonchev–Trinajstić information content (AvgIpc) is 2.62. The van der Waals surface area contributed by atoms with Gasteiger partial charge in [-0.05, 0) is 44.4 Å². The fraction of sp³-hybridized carbons (Fsp3) is 0.867. The fourth-order valence-electron chi connectivity index (χ4n) is 4.58. The van der Waals surface area contributed by atoms with Crippen molar-refractivity contribution >= 4 is 0 Å². The predicted octanol–water partition coefficient (Wildman–Crippen LogP) is 3.94. The second-order valence-electron chi connectivity index (χ2n) is 7.42. The molecule has 1 nitrogen and oxygen atoms in total. The smallest absolute Gasteiger partial charge is 0.0936 e. The summed E-state index contributed by atoms with van der Waals surface area (Å²) in [6.45, 7) is 11.7. The minimum atomic E-state index is -0.0659. The van der Waals surface area contributed by atoms with E-state index in [-0.39, 0.29) is 11.2 Å². The van der Waals surface area contributed by atoms with Crippen LogP contribution < -0.4 is 0 Å². The Morgan fingerprint density at radius 3 is 2.12 bits per heavy atom. The minimum absolute atomic E-state index is 0.0307. The molecule has 0 aromatic rings. The molecule has 2 bridgehead atoms. The molecule has 2 fully saturated rings. The Labute approximate surface area is 99.3 Å². The van der Waals surface area contributed by atoms with Crippen LogP contribution in [-0.2, 0) is 4.74 Å². The molecule has 90 valence electrons. The highest BCUT2D eigenvalue weighted by Crippen LogP contribution is 2.72. The van der Waals surface area contributed by atoms with Crippen LogP contribution >= 0.6 is 0 Å². The van der Waals surface area contributed by atoms with Crippen molar-refractivity contribution in [3.8, 4) is 0 Å². The molecule has 0 aromatic heterocycles. The second-order valence-corrected chi connectivity index (χ2v) is 7.42. The average molecular weight is 220 g/mol. The lowest BCUT2D eigenvalue weighted by Gasteiger charge is -2.46. The highest BCUT2D eigenvalue weighted by atomic mass is 16.5. The summed E-state index contributed by atoms with van der Waals surface area (Å²) in [6, 6.07) is 0. The van der Waals surface area contributed by atoms with Gasteiger partial charge in [0.05, 0.1) is 11.2 Å². The summed E-state index contributed by atoms with van der Waals surface area (Å²) in [4.78, 5) is 0. The van der Waals surface area contributed by atoms with E-state index in [0.29, 0.717) is 10.8 Å². The van der Waals surface area contributed by atoms with Crippen LogP contribution in [0.15, 0.2) is 12.2 Å². The lowest BCUT2D eigenvalue weighted by Crippen LogP contribution is -2.48. The number of hydrogen-bond donors (Lipinski definition) is 0. The highest BCUT2D eigenvalue weighted by Gasteiger charge is 2.70. The Kier molecular flexibility index (Phi) is 1.75. The fourth-order valence-corrected chi connectivity index (χ4v) is 4.58. The van der Waals surface area contributed by atoms with Gasteiger partial charge >= 0.3 is 0 Å². The van der Waals surface area contributed by atoms with Crippen molar-refractivity contribution < 1.29 is 4.74 Å². The van der Waals surface area contributed by atoms with E-state index in [2.05, 4.69) is 46.8 Å². The quantitative estimate of drug-likeness (QED) is 0.562. The molecular formula is C15H24O. The van der Waals surface area contributed by atoms with E-state index in [0.717, 1.165) is 5.92 Å². The summed E-state index contributed by atoms with van der Waals surface area (Å²) < 4.78 is 6.46. The van der Waals surface area contributed by atoms with Crippen molar-refractivity contribution in [1.82, 2.24) is 0 Å². The van der Waals surface area contributed by atoms with Crippen LogP contribution in [0.1, 0.15) is 53.9 Å². The lowest BCUT2D eigenvalue weighted by atomic mass is 9.64. The van der Waals surface area contributed by atoms with Crippen LogP contribution in [0.25, 0.3) is 0 Å². The first-order chi connectivity index (χ1) is 7.23. The first-order valence-corrected chi connectivity index (χ1v) is 6.63. The molecule has 0 amide bonds. The largest absolute Gasteiger partial charge is 0.360 e. The van der Waals surface area contributed by atoms with Crippen LogP contribution in [0.2, 0.25) is 0 Å². The van der Waals surface area contributed by atoms with Crippen molar-refractivity contribution in [2.24, 2.45) is 16.7 Å². The summed E-state index contributed by atoms with van der Waals surface area (Å²) in [5, 5.41) is 0. The van der Waals surface area contributed by atoms with Crippen molar-refractivity contribution in [3.05, 3.63) is 12.2 Å². The van der Waals surface area contributed by atoms with Gasteiger partial charge in [-0.1, -0.05) is 32.9 Å². The second kappa shape index (κ2) is 2.58. The van der Waals surface area contributed by atoms with Crippen LogP contribution in [0.4, 0.5) is 0 Å². The third-order valence-corrected chi connectivity index (χ3v) is 6.12. The molecule has 1 spiro atoms. The van der Waals surface area contributed by atoms with Gasteiger partial charge in [0.15, 0.2) is 0 Å². The Morgan fingerprint density at radius 1 is 1.06 bits per heavy atom. The minimum Gasteiger partial charge on any atom is -0.360 e. The van der Waals surface area contributed by atoms with Crippen molar-refractivity contribution in [3.63, 3.8) is 0 Å². The van der Waals surface area contributed by atoms with Gasteiger partial charge in [0.1, 0.15) is 0 Å². The maximum absolute atomic E-state index is 6.46. The lowest BCUT2D eigenvalue weighted by molar-refractivity contribution is -0.141. The van der Waals surface area contributed by atoms with Crippen LogP contribution in [-0.4, -0.2) is 11.2 Å². The monoisotopic (exact) mass is 220 g/mol. The summed E-state index contributed by atoms with van der Waals surface area (Å²) in [5.74, 6) is 0.844. The number of fused-ring (bicyclic) bond motifs is 3. The van der Waals surface area contributed by atoms with Gasteiger partial charge in [-0.3, -0.25) is 0 Å². The molecule has 1 heteroatoms. The molecule has 3 atom stereocenters. The molecule has 16 heavy (non-hydrogen) atoms. The molecule has 0 N–H and O–H groups in total. The topological polar surface area (TPSA) is 9.23 Å². The Hall–Kier alpha value is -0.300. The first kappa shape index (κ1) is 10.8. The zero-order valence-electron chi connectivity index (χ0n) is 11.3. The normalized spacial score (nSPS) is 51.7. The standard InChI is InChI=1S/C15H24O/c1-12(2)8-9-15(16-12)10-11-6-7-14(15,5)13(11,3)4/h8-9,11H,6-7,10H2,1-5H3/t11-,14-,15-/m1/s1. The Morgan fingerprint density at radius 2 is 1.75 bits per heavy atom. The summed E-state index contributed by atoms with van der Waals surface area (Å²) >= 11 is 0. The molecule has 3 rings (SSSR count). The summed E-state index contributed by atoms with van der Waals surface area (Å²) in [5.41, 5.74) is 0.721. The van der Waals surface area contributed by atoms with E-state index in [1.54, 1.807) is 0 Å². The molecule has 3 aliphatic rings.